The molecule has 0 unspecified atom stereocenters. The highest BCUT2D eigenvalue weighted by Crippen LogP contribution is 2.23. The fourth-order valence-electron chi connectivity index (χ4n) is 3.01. The number of nitrogens with zero attached hydrogens (tertiary/aromatic N) is 1. The van der Waals surface area contributed by atoms with Crippen LogP contribution in [0.2, 0.25) is 0 Å². The fourth-order valence-corrected chi connectivity index (χ4v) is 3.35. The van der Waals surface area contributed by atoms with Crippen molar-refractivity contribution in [2.75, 3.05) is 0 Å². The molecule has 0 saturated carbocycles. The smallest absolute Gasteiger partial charge is 0.363 e. The molecule has 3 aromatic rings. The molecule has 1 heterocycles. The predicted octanol–water partition coefficient (Wildman–Crippen LogP) is 5.83. The zero-order valence-corrected chi connectivity index (χ0v) is 18.8. The van der Waals surface area contributed by atoms with Crippen LogP contribution in [0.5, 0.6) is 5.75 Å². The quantitative estimate of drug-likeness (QED) is 0.247. The van der Waals surface area contributed by atoms with Gasteiger partial charge in [0.2, 0.25) is 5.90 Å². The number of cyclic esters (lactones) is 1. The summed E-state index contributed by atoms with van der Waals surface area (Å²) in [4.78, 5) is 16.7. The van der Waals surface area contributed by atoms with Gasteiger partial charge < -0.3 is 9.47 Å². The van der Waals surface area contributed by atoms with E-state index in [2.05, 4.69) is 58.8 Å². The standard InChI is InChI=1S/C25H20INO3/c1-16-6-8-18(9-7-16)15-29-21-5-3-4-19(13-21)14-23-25(28)30-24(27-23)20-10-11-22(26)17(2)12-20/h3-14H,15H2,1-2H3/b23-14-. The molecule has 0 atom stereocenters. The lowest BCUT2D eigenvalue weighted by atomic mass is 10.1. The Morgan fingerprint density at radius 3 is 2.60 bits per heavy atom. The maximum atomic E-state index is 12.3. The Balaban J connectivity index is 1.51. The van der Waals surface area contributed by atoms with Crippen LogP contribution in [0.4, 0.5) is 0 Å². The number of hydrogen-bond acceptors (Lipinski definition) is 4. The van der Waals surface area contributed by atoms with Gasteiger partial charge in [-0.3, -0.25) is 0 Å². The van der Waals surface area contributed by atoms with E-state index in [9.17, 15) is 4.79 Å². The van der Waals surface area contributed by atoms with E-state index < -0.39 is 5.97 Å². The number of carbonyl (C=O) groups excluding carboxylic acids is 1. The van der Waals surface area contributed by atoms with E-state index in [0.29, 0.717) is 12.5 Å². The molecular weight excluding hydrogens is 489 g/mol. The summed E-state index contributed by atoms with van der Waals surface area (Å²) in [5, 5.41) is 0. The topological polar surface area (TPSA) is 47.9 Å². The number of hydrogen-bond donors (Lipinski definition) is 0. The van der Waals surface area contributed by atoms with Crippen LogP contribution >= 0.6 is 22.6 Å². The summed E-state index contributed by atoms with van der Waals surface area (Å²) in [6, 6.07) is 21.7. The van der Waals surface area contributed by atoms with Crippen LogP contribution in [0, 0.1) is 17.4 Å². The van der Waals surface area contributed by atoms with Gasteiger partial charge in [-0.15, -0.1) is 0 Å². The molecule has 0 radical (unpaired) electrons. The number of benzene rings is 3. The van der Waals surface area contributed by atoms with Gasteiger partial charge in [-0.2, -0.15) is 0 Å². The largest absolute Gasteiger partial charge is 0.489 e. The molecule has 3 aromatic carbocycles. The van der Waals surface area contributed by atoms with E-state index in [1.807, 2.05) is 49.4 Å². The zero-order valence-electron chi connectivity index (χ0n) is 16.7. The Labute approximate surface area is 189 Å². The number of rotatable bonds is 5. The highest BCUT2D eigenvalue weighted by atomic mass is 127. The van der Waals surface area contributed by atoms with Crippen LogP contribution in [-0.4, -0.2) is 11.9 Å². The van der Waals surface area contributed by atoms with Crippen molar-refractivity contribution in [2.45, 2.75) is 20.5 Å². The third-order valence-electron chi connectivity index (χ3n) is 4.71. The summed E-state index contributed by atoms with van der Waals surface area (Å²) < 4.78 is 12.4. The zero-order chi connectivity index (χ0) is 21.1. The maximum Gasteiger partial charge on any atom is 0.363 e. The second-order valence-electron chi connectivity index (χ2n) is 7.15. The third kappa shape index (κ3) is 4.79. The van der Waals surface area contributed by atoms with Crippen molar-refractivity contribution in [2.24, 2.45) is 4.99 Å². The molecule has 0 amide bonds. The van der Waals surface area contributed by atoms with Crippen LogP contribution < -0.4 is 4.74 Å². The Hall–Kier alpha value is -2.93. The summed E-state index contributed by atoms with van der Waals surface area (Å²) in [7, 11) is 0. The minimum atomic E-state index is -0.452. The lowest BCUT2D eigenvalue weighted by Crippen LogP contribution is -2.05. The van der Waals surface area contributed by atoms with Crippen molar-refractivity contribution in [3.05, 3.63) is 104 Å². The first-order chi connectivity index (χ1) is 14.5. The minimum Gasteiger partial charge on any atom is -0.489 e. The number of carbonyl (C=O) groups is 1. The fraction of sp³-hybridized carbons (Fsp3) is 0.120. The molecule has 0 saturated heterocycles. The van der Waals surface area contributed by atoms with E-state index in [1.54, 1.807) is 6.08 Å². The highest BCUT2D eigenvalue weighted by molar-refractivity contribution is 14.1. The first-order valence-corrected chi connectivity index (χ1v) is 10.6. The molecule has 0 aromatic heterocycles. The van der Waals surface area contributed by atoms with Crippen LogP contribution in [0.25, 0.3) is 6.08 Å². The van der Waals surface area contributed by atoms with Gasteiger partial charge in [-0.25, -0.2) is 9.79 Å². The Morgan fingerprint density at radius 1 is 1.03 bits per heavy atom. The van der Waals surface area contributed by atoms with Crippen LogP contribution in [0.15, 0.2) is 77.4 Å². The van der Waals surface area contributed by atoms with Crippen LogP contribution in [0.1, 0.15) is 27.8 Å². The lowest BCUT2D eigenvalue weighted by Gasteiger charge is -2.07. The van der Waals surface area contributed by atoms with Crippen molar-refractivity contribution in [3.63, 3.8) is 0 Å². The number of halogens is 1. The molecule has 30 heavy (non-hydrogen) atoms. The molecule has 0 aliphatic carbocycles. The van der Waals surface area contributed by atoms with Crippen molar-refractivity contribution in [1.82, 2.24) is 0 Å². The van der Waals surface area contributed by atoms with E-state index in [1.165, 1.54) is 5.56 Å². The summed E-state index contributed by atoms with van der Waals surface area (Å²) >= 11 is 2.27. The first kappa shape index (κ1) is 20.3. The Kier molecular flexibility index (Phi) is 5.99. The van der Waals surface area contributed by atoms with Gasteiger partial charge >= 0.3 is 5.97 Å². The summed E-state index contributed by atoms with van der Waals surface area (Å²) in [5.74, 6) is 0.610. The highest BCUT2D eigenvalue weighted by Gasteiger charge is 2.24. The van der Waals surface area contributed by atoms with Crippen LogP contribution in [0.3, 0.4) is 0 Å². The van der Waals surface area contributed by atoms with Gasteiger partial charge in [0.15, 0.2) is 5.70 Å². The third-order valence-corrected chi connectivity index (χ3v) is 5.92. The van der Waals surface area contributed by atoms with Gasteiger partial charge in [0.1, 0.15) is 12.4 Å². The van der Waals surface area contributed by atoms with Gasteiger partial charge in [0.05, 0.1) is 0 Å². The number of aryl methyl sites for hydroxylation is 2. The number of aliphatic imine (C=N–C) groups is 1. The molecule has 0 spiro atoms. The molecule has 0 fully saturated rings. The molecular formula is C25H20INO3. The SMILES string of the molecule is Cc1ccc(COc2cccc(/C=C3\N=C(c4ccc(I)c(C)c4)OC3=O)c2)cc1. The normalized spacial score (nSPS) is 14.6. The van der Waals surface area contributed by atoms with Gasteiger partial charge in [-0.1, -0.05) is 42.0 Å². The second kappa shape index (κ2) is 8.83. The lowest BCUT2D eigenvalue weighted by molar-refractivity contribution is -0.129. The van der Waals surface area contributed by atoms with Crippen molar-refractivity contribution in [1.29, 1.82) is 0 Å². The molecule has 150 valence electrons. The van der Waals surface area contributed by atoms with Crippen LogP contribution in [-0.2, 0) is 16.1 Å². The van der Waals surface area contributed by atoms with Crippen molar-refractivity contribution >= 4 is 40.5 Å². The van der Waals surface area contributed by atoms with Crippen molar-refractivity contribution in [3.8, 4) is 5.75 Å². The Morgan fingerprint density at radius 2 is 1.83 bits per heavy atom. The van der Waals surface area contributed by atoms with Gasteiger partial charge in [0.25, 0.3) is 0 Å². The number of ether oxygens (including phenoxy) is 2. The summed E-state index contributed by atoms with van der Waals surface area (Å²) in [6.07, 6.45) is 1.72. The number of esters is 1. The monoisotopic (exact) mass is 509 g/mol. The summed E-state index contributed by atoms with van der Waals surface area (Å²) in [5.41, 5.74) is 5.33. The second-order valence-corrected chi connectivity index (χ2v) is 8.31. The van der Waals surface area contributed by atoms with E-state index >= 15 is 0 Å². The first-order valence-electron chi connectivity index (χ1n) is 9.55. The van der Waals surface area contributed by atoms with E-state index in [-0.39, 0.29) is 5.70 Å². The molecule has 4 rings (SSSR count). The summed E-state index contributed by atoms with van der Waals surface area (Å²) in [6.45, 7) is 4.56. The molecule has 0 N–H and O–H groups in total. The molecule has 1 aliphatic heterocycles. The van der Waals surface area contributed by atoms with E-state index in [0.717, 1.165) is 31.6 Å². The van der Waals surface area contributed by atoms with E-state index in [4.69, 9.17) is 9.47 Å². The molecule has 1 aliphatic rings. The molecule has 0 bridgehead atoms. The maximum absolute atomic E-state index is 12.3. The predicted molar refractivity (Wildman–Crippen MR) is 126 cm³/mol. The molecule has 4 nitrogen and oxygen atoms in total. The van der Waals surface area contributed by atoms with Gasteiger partial charge in [-0.05, 0) is 89.5 Å². The minimum absolute atomic E-state index is 0.275. The average Bonchev–Trinajstić information content (AvgIpc) is 3.10. The Bertz CT molecular complexity index is 1160. The molecule has 5 heteroatoms. The average molecular weight is 509 g/mol. The van der Waals surface area contributed by atoms with Crippen molar-refractivity contribution < 1.29 is 14.3 Å². The van der Waals surface area contributed by atoms with Gasteiger partial charge in [0, 0.05) is 9.13 Å².